The lowest BCUT2D eigenvalue weighted by molar-refractivity contribution is 0.563. The summed E-state index contributed by atoms with van der Waals surface area (Å²) in [5.41, 5.74) is 16.8. The van der Waals surface area contributed by atoms with Crippen molar-refractivity contribution in [3.05, 3.63) is 252 Å². The summed E-state index contributed by atoms with van der Waals surface area (Å²) in [4.78, 5) is 4.79. The molecule has 0 amide bonds. The van der Waals surface area contributed by atoms with E-state index in [1.165, 1.54) is 64.7 Å². The molecule has 2 aliphatic rings. The van der Waals surface area contributed by atoms with Crippen LogP contribution in [0.15, 0.2) is 218 Å². The number of nitrogens with zero attached hydrogens (tertiary/aromatic N) is 2. The lowest BCUT2D eigenvalue weighted by atomic mass is 9.55. The van der Waals surface area contributed by atoms with Crippen molar-refractivity contribution in [3.63, 3.8) is 0 Å². The zero-order valence-electron chi connectivity index (χ0n) is 34.1. The number of fused-ring (bicyclic) bond motifs is 12. The molecule has 1 heterocycles. The number of anilines is 6. The predicted octanol–water partition coefficient (Wildman–Crippen LogP) is 16.0. The maximum atomic E-state index is 2.50. The van der Waals surface area contributed by atoms with E-state index in [0.29, 0.717) is 0 Å². The molecule has 1 spiro atoms. The van der Waals surface area contributed by atoms with E-state index in [1.807, 2.05) is 11.3 Å². The number of para-hydroxylation sites is 2. The fourth-order valence-electron chi connectivity index (χ4n) is 10.6. The second-order valence-corrected chi connectivity index (χ2v) is 18.0. The average Bonchev–Trinajstić information content (AvgIpc) is 3.83. The van der Waals surface area contributed by atoms with E-state index >= 15 is 0 Å². The summed E-state index contributed by atoms with van der Waals surface area (Å²) >= 11 is 1.87. The van der Waals surface area contributed by atoms with Gasteiger partial charge in [-0.2, -0.15) is 0 Å². The quantitative estimate of drug-likeness (QED) is 0.165. The van der Waals surface area contributed by atoms with Gasteiger partial charge >= 0.3 is 0 Å². The van der Waals surface area contributed by atoms with E-state index < -0.39 is 5.41 Å². The van der Waals surface area contributed by atoms with Crippen molar-refractivity contribution in [2.75, 3.05) is 9.80 Å². The van der Waals surface area contributed by atoms with Crippen LogP contribution in [-0.4, -0.2) is 0 Å². The topological polar surface area (TPSA) is 6.48 Å². The molecule has 1 aromatic heterocycles. The predicted molar refractivity (Wildman–Crippen MR) is 258 cm³/mol. The highest BCUT2D eigenvalue weighted by molar-refractivity contribution is 7.25. The van der Waals surface area contributed by atoms with Gasteiger partial charge in [0.2, 0.25) is 0 Å². The van der Waals surface area contributed by atoms with Crippen LogP contribution >= 0.6 is 11.3 Å². The molecule has 3 heteroatoms. The minimum absolute atomic E-state index is 0.158. The highest BCUT2D eigenvalue weighted by Gasteiger charge is 2.53. The molecule has 9 aromatic carbocycles. The van der Waals surface area contributed by atoms with Crippen molar-refractivity contribution >= 4 is 65.6 Å². The van der Waals surface area contributed by atoms with Gasteiger partial charge in [-0.15, -0.1) is 11.3 Å². The van der Waals surface area contributed by atoms with Gasteiger partial charge in [-0.25, -0.2) is 0 Å². The van der Waals surface area contributed by atoms with E-state index in [-0.39, 0.29) is 5.41 Å². The van der Waals surface area contributed by atoms with E-state index in [1.54, 1.807) is 0 Å². The highest BCUT2D eigenvalue weighted by Crippen LogP contribution is 2.62. The lowest BCUT2D eigenvalue weighted by Crippen LogP contribution is -2.40. The minimum atomic E-state index is -0.485. The fraction of sp³-hybridized carbons (Fsp3) is 0.0690. The Kier molecular flexibility index (Phi) is 8.01. The Morgan fingerprint density at radius 3 is 1.38 bits per heavy atom. The van der Waals surface area contributed by atoms with Crippen LogP contribution in [0.3, 0.4) is 0 Å². The van der Waals surface area contributed by atoms with Gasteiger partial charge in [0.1, 0.15) is 0 Å². The van der Waals surface area contributed by atoms with Crippen LogP contribution in [0, 0.1) is 0 Å². The number of hydrogen-bond donors (Lipinski definition) is 0. The molecule has 0 N–H and O–H groups in total. The van der Waals surface area contributed by atoms with Crippen molar-refractivity contribution in [2.45, 2.75) is 24.7 Å². The molecule has 0 bridgehead atoms. The van der Waals surface area contributed by atoms with Gasteiger partial charge in [0, 0.05) is 59.7 Å². The van der Waals surface area contributed by atoms with Crippen molar-refractivity contribution < 1.29 is 0 Å². The van der Waals surface area contributed by atoms with Gasteiger partial charge in [0.15, 0.2) is 0 Å². The molecule has 0 atom stereocenters. The van der Waals surface area contributed by atoms with Crippen molar-refractivity contribution in [1.82, 2.24) is 0 Å². The first-order valence-electron chi connectivity index (χ1n) is 21.2. The second-order valence-electron chi connectivity index (χ2n) is 16.9. The lowest BCUT2D eigenvalue weighted by Gasteiger charge is -2.46. The summed E-state index contributed by atoms with van der Waals surface area (Å²) in [5, 5.41) is 2.60. The van der Waals surface area contributed by atoms with E-state index in [9.17, 15) is 0 Å². The van der Waals surface area contributed by atoms with Crippen LogP contribution in [0.1, 0.15) is 47.2 Å². The molecule has 10 aromatic rings. The maximum Gasteiger partial charge on any atom is 0.0720 e. The Morgan fingerprint density at radius 2 is 0.738 bits per heavy atom. The molecule has 2 nitrogen and oxygen atoms in total. The molecule has 0 radical (unpaired) electrons. The van der Waals surface area contributed by atoms with Crippen LogP contribution in [0.4, 0.5) is 34.1 Å². The third kappa shape index (κ3) is 5.27. The standard InChI is InChI=1S/C58H42N2S/c1-57(2)50-24-12-14-26-52(50)58(53-27-15-13-25-51(53)57)49-23-11-9-21-45(49)46-35-33-43(37-54(46)58)60(44-34-36-48-47-22-10-16-28-55(47)61-56(48)38-44)42-31-29-41(30-32-42)59(39-17-5-3-6-18-39)40-19-7-4-8-20-40/h3-38H,1-2H3. The monoisotopic (exact) mass is 798 g/mol. The molecular formula is C58H42N2S. The first kappa shape index (κ1) is 35.7. The van der Waals surface area contributed by atoms with Crippen molar-refractivity contribution in [2.24, 2.45) is 0 Å². The van der Waals surface area contributed by atoms with E-state index in [2.05, 4.69) is 242 Å². The average molecular weight is 799 g/mol. The third-order valence-corrected chi connectivity index (χ3v) is 14.4. The van der Waals surface area contributed by atoms with Crippen LogP contribution in [-0.2, 0) is 10.8 Å². The molecule has 0 saturated carbocycles. The Bertz CT molecular complexity index is 3200. The first-order chi connectivity index (χ1) is 30.0. The van der Waals surface area contributed by atoms with Gasteiger partial charge in [0.25, 0.3) is 0 Å². The smallest absolute Gasteiger partial charge is 0.0720 e. The molecule has 0 saturated heterocycles. The molecule has 0 unspecified atom stereocenters. The SMILES string of the molecule is CC1(C)c2ccccc2C2(c3ccccc3-c3ccc(N(c4ccc(N(c5ccccc5)c5ccccc5)cc4)c4ccc5c(c4)sc4ccccc45)cc32)c2ccccc21. The van der Waals surface area contributed by atoms with Gasteiger partial charge in [0.05, 0.1) is 5.41 Å². The van der Waals surface area contributed by atoms with Gasteiger partial charge in [-0.05, 0) is 123 Å². The summed E-state index contributed by atoms with van der Waals surface area (Å²) in [5.74, 6) is 0. The zero-order chi connectivity index (χ0) is 40.7. The molecule has 0 aliphatic heterocycles. The molecule has 61 heavy (non-hydrogen) atoms. The zero-order valence-corrected chi connectivity index (χ0v) is 34.9. The Labute approximate surface area is 361 Å². The largest absolute Gasteiger partial charge is 0.311 e. The molecule has 2 aliphatic carbocycles. The van der Waals surface area contributed by atoms with Crippen molar-refractivity contribution in [3.8, 4) is 11.1 Å². The fourth-order valence-corrected chi connectivity index (χ4v) is 11.8. The molecule has 12 rings (SSSR count). The third-order valence-electron chi connectivity index (χ3n) is 13.3. The number of benzene rings is 9. The number of rotatable bonds is 6. The van der Waals surface area contributed by atoms with E-state index in [0.717, 1.165) is 34.1 Å². The molecule has 0 fully saturated rings. The van der Waals surface area contributed by atoms with Crippen LogP contribution in [0.5, 0.6) is 0 Å². The van der Waals surface area contributed by atoms with Gasteiger partial charge in [-0.3, -0.25) is 0 Å². The summed E-state index contributed by atoms with van der Waals surface area (Å²) in [6, 6.07) is 80.9. The van der Waals surface area contributed by atoms with Gasteiger partial charge < -0.3 is 9.80 Å². The summed E-state index contributed by atoms with van der Waals surface area (Å²) < 4.78 is 2.59. The summed E-state index contributed by atoms with van der Waals surface area (Å²) in [7, 11) is 0. The molecule has 290 valence electrons. The number of hydrogen-bond acceptors (Lipinski definition) is 3. The van der Waals surface area contributed by atoms with Crippen LogP contribution < -0.4 is 9.80 Å². The Hall–Kier alpha value is -7.20. The Balaban J connectivity index is 1.09. The summed E-state index contributed by atoms with van der Waals surface area (Å²) in [6.45, 7) is 4.78. The van der Waals surface area contributed by atoms with E-state index in [4.69, 9.17) is 0 Å². The van der Waals surface area contributed by atoms with Crippen molar-refractivity contribution in [1.29, 1.82) is 0 Å². The van der Waals surface area contributed by atoms with Gasteiger partial charge in [-0.1, -0.05) is 153 Å². The maximum absolute atomic E-state index is 2.50. The summed E-state index contributed by atoms with van der Waals surface area (Å²) in [6.07, 6.45) is 0. The Morgan fingerprint density at radius 1 is 0.311 bits per heavy atom. The second kappa shape index (κ2) is 13.7. The highest BCUT2D eigenvalue weighted by atomic mass is 32.1. The van der Waals surface area contributed by atoms with Crippen LogP contribution in [0.25, 0.3) is 31.3 Å². The van der Waals surface area contributed by atoms with Crippen LogP contribution in [0.2, 0.25) is 0 Å². The normalized spacial score (nSPS) is 14.0. The number of thiophene rings is 1. The first-order valence-corrected chi connectivity index (χ1v) is 22.0. The molecular weight excluding hydrogens is 757 g/mol. The minimum Gasteiger partial charge on any atom is -0.311 e.